The number of thioether (sulfide) groups is 1. The summed E-state index contributed by atoms with van der Waals surface area (Å²) in [6.07, 6.45) is 7.50. The van der Waals surface area contributed by atoms with E-state index < -0.39 is 5.54 Å². The summed E-state index contributed by atoms with van der Waals surface area (Å²) in [7, 11) is 1.96. The number of rotatable bonds is 4. The normalized spacial score (nSPS) is 30.6. The van der Waals surface area contributed by atoms with E-state index >= 15 is 0 Å². The van der Waals surface area contributed by atoms with Crippen LogP contribution in [0.2, 0.25) is 0 Å². The van der Waals surface area contributed by atoms with Crippen LogP contribution in [0.4, 0.5) is 0 Å². The first-order valence-corrected chi connectivity index (χ1v) is 8.29. The van der Waals surface area contributed by atoms with Crippen molar-refractivity contribution < 1.29 is 4.79 Å². The lowest BCUT2D eigenvalue weighted by atomic mass is 9.96. The molecule has 0 bridgehead atoms. The van der Waals surface area contributed by atoms with Crippen LogP contribution < -0.4 is 5.73 Å². The molecule has 1 amide bonds. The molecular weight excluding hydrogens is 244 g/mol. The third kappa shape index (κ3) is 2.85. The maximum Gasteiger partial charge on any atom is 0.242 e. The molecule has 0 aromatic carbocycles. The van der Waals surface area contributed by atoms with Gasteiger partial charge in [0.2, 0.25) is 5.91 Å². The first-order valence-electron chi connectivity index (χ1n) is 7.24. The quantitative estimate of drug-likeness (QED) is 0.853. The molecule has 0 radical (unpaired) electrons. The highest BCUT2D eigenvalue weighted by molar-refractivity contribution is 7.99. The highest BCUT2D eigenvalue weighted by Gasteiger charge is 2.41. The Balaban J connectivity index is 1.91. The van der Waals surface area contributed by atoms with Gasteiger partial charge in [0.25, 0.3) is 0 Å². The lowest BCUT2D eigenvalue weighted by molar-refractivity contribution is -0.137. The van der Waals surface area contributed by atoms with Crippen molar-refractivity contribution in [3.05, 3.63) is 0 Å². The van der Waals surface area contributed by atoms with Crippen LogP contribution in [-0.2, 0) is 4.79 Å². The van der Waals surface area contributed by atoms with Gasteiger partial charge in [-0.05, 0) is 37.9 Å². The Bertz CT molecular complexity index is 302. The largest absolute Gasteiger partial charge is 0.341 e. The van der Waals surface area contributed by atoms with Crippen LogP contribution in [0, 0.1) is 0 Å². The number of carbonyl (C=O) groups excluding carboxylic acids is 1. The van der Waals surface area contributed by atoms with Crippen molar-refractivity contribution in [2.45, 2.75) is 68.7 Å². The van der Waals surface area contributed by atoms with Gasteiger partial charge >= 0.3 is 0 Å². The van der Waals surface area contributed by atoms with E-state index in [2.05, 4.69) is 6.92 Å². The van der Waals surface area contributed by atoms with E-state index in [0.717, 1.165) is 43.8 Å². The van der Waals surface area contributed by atoms with Crippen molar-refractivity contribution in [3.8, 4) is 0 Å². The third-order valence-corrected chi connectivity index (χ3v) is 5.78. The van der Waals surface area contributed by atoms with Crippen LogP contribution in [0.5, 0.6) is 0 Å². The van der Waals surface area contributed by atoms with Gasteiger partial charge in [0.05, 0.1) is 5.54 Å². The molecule has 0 spiro atoms. The van der Waals surface area contributed by atoms with Gasteiger partial charge in [0.15, 0.2) is 0 Å². The number of hydrogen-bond donors (Lipinski definition) is 1. The first-order chi connectivity index (χ1) is 8.57. The molecule has 4 heteroatoms. The average Bonchev–Trinajstić information content (AvgIpc) is 2.98. The van der Waals surface area contributed by atoms with Crippen LogP contribution in [-0.4, -0.2) is 40.4 Å². The van der Waals surface area contributed by atoms with Crippen molar-refractivity contribution in [2.24, 2.45) is 5.73 Å². The van der Waals surface area contributed by atoms with Gasteiger partial charge < -0.3 is 10.6 Å². The summed E-state index contributed by atoms with van der Waals surface area (Å²) < 4.78 is 0. The molecule has 104 valence electrons. The Kier molecular flexibility index (Phi) is 4.59. The zero-order valence-corrected chi connectivity index (χ0v) is 12.5. The number of carbonyl (C=O) groups is 1. The van der Waals surface area contributed by atoms with Crippen LogP contribution in [0.3, 0.4) is 0 Å². The predicted octanol–water partition coefficient (Wildman–Crippen LogP) is 2.39. The first kappa shape index (κ1) is 14.2. The maximum atomic E-state index is 12.5. The van der Waals surface area contributed by atoms with Gasteiger partial charge in [0, 0.05) is 18.3 Å². The molecule has 2 fully saturated rings. The van der Waals surface area contributed by atoms with Crippen molar-refractivity contribution in [1.82, 2.24) is 4.90 Å². The maximum absolute atomic E-state index is 12.5. The highest BCUT2D eigenvalue weighted by Crippen LogP contribution is 2.35. The van der Waals surface area contributed by atoms with Gasteiger partial charge in [-0.3, -0.25) is 4.79 Å². The number of hydrogen-bond acceptors (Lipinski definition) is 3. The van der Waals surface area contributed by atoms with E-state index in [4.69, 9.17) is 5.73 Å². The van der Waals surface area contributed by atoms with Crippen molar-refractivity contribution >= 4 is 17.7 Å². The van der Waals surface area contributed by atoms with Gasteiger partial charge in [-0.2, -0.15) is 11.8 Å². The zero-order valence-electron chi connectivity index (χ0n) is 11.7. The summed E-state index contributed by atoms with van der Waals surface area (Å²) in [5.74, 6) is 1.36. The standard InChI is InChI=1S/C14H26N2OS/c1-3-18-12-7-6-11(10-12)16(2)13(17)14(15)8-4-5-9-14/h11-12H,3-10,15H2,1-2H3. The van der Waals surface area contributed by atoms with Crippen LogP contribution in [0.25, 0.3) is 0 Å². The molecule has 2 saturated carbocycles. The smallest absolute Gasteiger partial charge is 0.242 e. The lowest BCUT2D eigenvalue weighted by Crippen LogP contribution is -2.54. The minimum Gasteiger partial charge on any atom is -0.341 e. The molecule has 2 aliphatic rings. The molecule has 0 heterocycles. The molecule has 3 nitrogen and oxygen atoms in total. The molecule has 0 aromatic rings. The average molecular weight is 270 g/mol. The van der Waals surface area contributed by atoms with Crippen molar-refractivity contribution in [3.63, 3.8) is 0 Å². The second-order valence-corrected chi connectivity index (χ2v) is 7.40. The van der Waals surface area contributed by atoms with E-state index in [9.17, 15) is 4.79 Å². The SMILES string of the molecule is CCSC1CCC(N(C)C(=O)C2(N)CCCC2)C1. The number of nitrogens with zero attached hydrogens (tertiary/aromatic N) is 1. The minimum absolute atomic E-state index is 0.187. The monoisotopic (exact) mass is 270 g/mol. The Morgan fingerprint density at radius 3 is 2.67 bits per heavy atom. The van der Waals surface area contributed by atoms with Crippen molar-refractivity contribution in [1.29, 1.82) is 0 Å². The molecule has 0 saturated heterocycles. The van der Waals surface area contributed by atoms with E-state index in [1.807, 2.05) is 23.7 Å². The lowest BCUT2D eigenvalue weighted by Gasteiger charge is -2.32. The summed E-state index contributed by atoms with van der Waals surface area (Å²) in [6, 6.07) is 0.419. The van der Waals surface area contributed by atoms with Gasteiger partial charge in [0.1, 0.15) is 0 Å². The van der Waals surface area contributed by atoms with Crippen molar-refractivity contribution in [2.75, 3.05) is 12.8 Å². The second kappa shape index (κ2) is 5.83. The third-order valence-electron chi connectivity index (χ3n) is 4.55. The fraction of sp³-hybridized carbons (Fsp3) is 0.929. The summed E-state index contributed by atoms with van der Waals surface area (Å²) in [5.41, 5.74) is 5.72. The Hall–Kier alpha value is -0.220. The number of nitrogens with two attached hydrogens (primary N) is 1. The van der Waals surface area contributed by atoms with Gasteiger partial charge in [-0.25, -0.2) is 0 Å². The van der Waals surface area contributed by atoms with Gasteiger partial charge in [-0.1, -0.05) is 19.8 Å². The summed E-state index contributed by atoms with van der Waals surface area (Å²) in [6.45, 7) is 2.21. The summed E-state index contributed by atoms with van der Waals surface area (Å²) >= 11 is 2.03. The topological polar surface area (TPSA) is 46.3 Å². The highest BCUT2D eigenvalue weighted by atomic mass is 32.2. The fourth-order valence-electron chi connectivity index (χ4n) is 3.39. The molecule has 18 heavy (non-hydrogen) atoms. The number of amides is 1. The molecule has 2 aliphatic carbocycles. The molecule has 2 atom stereocenters. The van der Waals surface area contributed by atoms with Gasteiger partial charge in [-0.15, -0.1) is 0 Å². The Morgan fingerprint density at radius 1 is 1.39 bits per heavy atom. The molecule has 2 unspecified atom stereocenters. The molecular formula is C14H26N2OS. The Morgan fingerprint density at radius 2 is 2.06 bits per heavy atom. The van der Waals surface area contributed by atoms with E-state index in [1.54, 1.807) is 0 Å². The molecule has 0 aromatic heterocycles. The van der Waals surface area contributed by atoms with Crippen LogP contribution in [0.15, 0.2) is 0 Å². The Labute approximate surface area is 115 Å². The van der Waals surface area contributed by atoms with E-state index in [-0.39, 0.29) is 5.91 Å². The zero-order chi connectivity index (χ0) is 13.2. The van der Waals surface area contributed by atoms with Crippen LogP contribution >= 0.6 is 11.8 Å². The van der Waals surface area contributed by atoms with Crippen LogP contribution in [0.1, 0.15) is 51.9 Å². The predicted molar refractivity (Wildman–Crippen MR) is 77.7 cm³/mol. The minimum atomic E-state index is -0.551. The van der Waals surface area contributed by atoms with E-state index in [0.29, 0.717) is 6.04 Å². The fourth-order valence-corrected chi connectivity index (χ4v) is 4.53. The molecule has 2 rings (SSSR count). The molecule has 2 N–H and O–H groups in total. The summed E-state index contributed by atoms with van der Waals surface area (Å²) in [5, 5.41) is 0.743. The molecule has 0 aliphatic heterocycles. The second-order valence-electron chi connectivity index (χ2n) is 5.82. The number of likely N-dealkylation sites (N-methyl/N-ethyl adjacent to an activating group) is 1. The van der Waals surface area contributed by atoms with E-state index in [1.165, 1.54) is 12.2 Å². The summed E-state index contributed by atoms with van der Waals surface area (Å²) in [4.78, 5) is 14.5.